The quantitative estimate of drug-likeness (QED) is 0.603. The Hall–Kier alpha value is -4.20. The number of amides is 3. The molecule has 3 N–H and O–H groups in total. The van der Waals surface area contributed by atoms with E-state index in [-0.39, 0.29) is 18.2 Å². The zero-order valence-electron chi connectivity index (χ0n) is 18.4. The average Bonchev–Trinajstić information content (AvgIpc) is 3.19. The molecule has 1 saturated heterocycles. The van der Waals surface area contributed by atoms with Gasteiger partial charge >= 0.3 is 0 Å². The summed E-state index contributed by atoms with van der Waals surface area (Å²) in [6, 6.07) is 15.6. The molecule has 1 fully saturated rings. The van der Waals surface area contributed by atoms with Crippen LogP contribution in [0.3, 0.4) is 0 Å². The van der Waals surface area contributed by atoms with Gasteiger partial charge in [-0.2, -0.15) is 0 Å². The Morgan fingerprint density at radius 3 is 2.64 bits per heavy atom. The fourth-order valence-corrected chi connectivity index (χ4v) is 3.74. The summed E-state index contributed by atoms with van der Waals surface area (Å²) < 4.78 is 5.64. The van der Waals surface area contributed by atoms with Crippen LogP contribution in [-0.4, -0.2) is 29.3 Å². The molecule has 0 spiro atoms. The molecule has 33 heavy (non-hydrogen) atoms. The number of carbonyl (C=O) groups excluding carboxylic acids is 3. The number of hydrogen-bond acceptors (Lipinski definition) is 5. The van der Waals surface area contributed by atoms with Crippen LogP contribution in [0.5, 0.6) is 11.6 Å². The van der Waals surface area contributed by atoms with Crippen molar-refractivity contribution in [2.75, 3.05) is 16.8 Å². The largest absolute Gasteiger partial charge is 0.439 e. The van der Waals surface area contributed by atoms with Gasteiger partial charge in [0, 0.05) is 30.3 Å². The van der Waals surface area contributed by atoms with Crippen molar-refractivity contribution in [2.24, 2.45) is 11.7 Å². The first-order chi connectivity index (χ1) is 15.8. The van der Waals surface area contributed by atoms with Gasteiger partial charge in [0.25, 0.3) is 0 Å². The third-order valence-corrected chi connectivity index (χ3v) is 5.71. The van der Waals surface area contributed by atoms with Crippen LogP contribution in [0.2, 0.25) is 0 Å². The van der Waals surface area contributed by atoms with Crippen LogP contribution in [0.15, 0.2) is 60.8 Å². The first kappa shape index (κ1) is 22.0. The zero-order chi connectivity index (χ0) is 23.5. The highest BCUT2D eigenvalue weighted by Gasteiger charge is 2.35. The Morgan fingerprint density at radius 1 is 1.12 bits per heavy atom. The lowest BCUT2D eigenvalue weighted by Gasteiger charge is -2.20. The van der Waals surface area contributed by atoms with Gasteiger partial charge in [-0.1, -0.05) is 18.2 Å². The summed E-state index contributed by atoms with van der Waals surface area (Å²) in [6.07, 6.45) is 1.63. The molecule has 8 heteroatoms. The van der Waals surface area contributed by atoms with Crippen molar-refractivity contribution in [1.29, 1.82) is 0 Å². The molecule has 168 valence electrons. The van der Waals surface area contributed by atoms with Gasteiger partial charge in [-0.3, -0.25) is 14.4 Å². The van der Waals surface area contributed by atoms with E-state index in [1.165, 1.54) is 12.3 Å². The number of ether oxygens (including phenoxy) is 1. The number of nitrogens with one attached hydrogen (secondary N) is 1. The summed E-state index contributed by atoms with van der Waals surface area (Å²) in [6.45, 7) is 4.31. The second-order valence-electron chi connectivity index (χ2n) is 7.99. The predicted octanol–water partition coefficient (Wildman–Crippen LogP) is 3.58. The molecule has 1 unspecified atom stereocenters. The number of benzene rings is 2. The van der Waals surface area contributed by atoms with Gasteiger partial charge in [0.1, 0.15) is 5.75 Å². The average molecular weight is 444 g/mol. The van der Waals surface area contributed by atoms with Crippen LogP contribution in [0.1, 0.15) is 27.9 Å². The van der Waals surface area contributed by atoms with Crippen molar-refractivity contribution >= 4 is 29.1 Å². The second-order valence-corrected chi connectivity index (χ2v) is 7.99. The van der Waals surface area contributed by atoms with Crippen molar-refractivity contribution in [1.82, 2.24) is 4.98 Å². The molecule has 2 heterocycles. The normalized spacial score (nSPS) is 15.4. The lowest BCUT2D eigenvalue weighted by Crippen LogP contribution is -2.28. The standard InChI is InChI=1S/C25H24N4O4/c1-15-5-3-8-21(16(15)2)29-14-18(12-23(29)30)25(32)28-19-9-10-22(27-13-19)33-20-7-4-6-17(11-20)24(26)31/h3-11,13,18H,12,14H2,1-2H3,(H2,26,31)(H,28,32). The molecule has 1 atom stereocenters. The molecule has 4 rings (SSSR count). The number of nitrogens with zero attached hydrogens (tertiary/aromatic N) is 2. The molecule has 3 aromatic rings. The van der Waals surface area contributed by atoms with E-state index in [2.05, 4.69) is 10.3 Å². The molecule has 0 bridgehead atoms. The van der Waals surface area contributed by atoms with Gasteiger partial charge in [-0.25, -0.2) is 4.98 Å². The van der Waals surface area contributed by atoms with Crippen LogP contribution in [-0.2, 0) is 9.59 Å². The number of nitrogens with two attached hydrogens (primary N) is 1. The minimum Gasteiger partial charge on any atom is -0.439 e. The summed E-state index contributed by atoms with van der Waals surface area (Å²) in [5.74, 6) is -0.582. The first-order valence-electron chi connectivity index (χ1n) is 10.5. The van der Waals surface area contributed by atoms with E-state index < -0.39 is 11.8 Å². The Balaban J connectivity index is 1.39. The molecule has 1 aliphatic rings. The molecule has 0 saturated carbocycles. The lowest BCUT2D eigenvalue weighted by molar-refractivity contribution is -0.122. The first-order valence-corrected chi connectivity index (χ1v) is 10.5. The Morgan fingerprint density at radius 2 is 1.91 bits per heavy atom. The third-order valence-electron chi connectivity index (χ3n) is 5.71. The third kappa shape index (κ3) is 4.85. The van der Waals surface area contributed by atoms with E-state index >= 15 is 0 Å². The number of primary amides is 1. The van der Waals surface area contributed by atoms with Crippen molar-refractivity contribution < 1.29 is 19.1 Å². The number of anilines is 2. The van der Waals surface area contributed by atoms with Crippen LogP contribution in [0.4, 0.5) is 11.4 Å². The van der Waals surface area contributed by atoms with E-state index in [4.69, 9.17) is 10.5 Å². The van der Waals surface area contributed by atoms with Gasteiger partial charge in [0.15, 0.2) is 0 Å². The second kappa shape index (κ2) is 9.12. The Bertz CT molecular complexity index is 1220. The molecule has 1 aliphatic heterocycles. The van der Waals surface area contributed by atoms with Crippen LogP contribution in [0, 0.1) is 19.8 Å². The van der Waals surface area contributed by atoms with Crippen molar-refractivity contribution in [3.8, 4) is 11.6 Å². The lowest BCUT2D eigenvalue weighted by atomic mass is 10.1. The van der Waals surface area contributed by atoms with E-state index in [0.717, 1.165) is 16.8 Å². The Kier molecular flexibility index (Phi) is 6.08. The summed E-state index contributed by atoms with van der Waals surface area (Å²) in [7, 11) is 0. The zero-order valence-corrected chi connectivity index (χ0v) is 18.4. The van der Waals surface area contributed by atoms with E-state index in [1.807, 2.05) is 32.0 Å². The number of rotatable bonds is 6. The summed E-state index contributed by atoms with van der Waals surface area (Å²) in [5, 5.41) is 2.82. The summed E-state index contributed by atoms with van der Waals surface area (Å²) in [5.41, 5.74) is 9.09. The maximum Gasteiger partial charge on any atom is 0.248 e. The minimum absolute atomic E-state index is 0.0658. The predicted molar refractivity (Wildman–Crippen MR) is 124 cm³/mol. The number of hydrogen-bond donors (Lipinski definition) is 2. The fraction of sp³-hybridized carbons (Fsp3) is 0.200. The molecule has 0 radical (unpaired) electrons. The van der Waals surface area contributed by atoms with Gasteiger partial charge in [0.2, 0.25) is 23.6 Å². The van der Waals surface area contributed by atoms with Gasteiger partial charge < -0.3 is 20.7 Å². The van der Waals surface area contributed by atoms with E-state index in [0.29, 0.717) is 29.4 Å². The van der Waals surface area contributed by atoms with E-state index in [9.17, 15) is 14.4 Å². The molecule has 8 nitrogen and oxygen atoms in total. The number of aryl methyl sites for hydroxylation is 1. The fourth-order valence-electron chi connectivity index (χ4n) is 3.74. The summed E-state index contributed by atoms with van der Waals surface area (Å²) >= 11 is 0. The van der Waals surface area contributed by atoms with Crippen LogP contribution in [0.25, 0.3) is 0 Å². The van der Waals surface area contributed by atoms with Gasteiger partial charge in [-0.05, 0) is 55.3 Å². The van der Waals surface area contributed by atoms with Crippen molar-refractivity contribution in [3.05, 3.63) is 77.5 Å². The van der Waals surface area contributed by atoms with Crippen LogP contribution < -0.4 is 20.7 Å². The molecule has 2 aromatic carbocycles. The molecule has 3 amide bonds. The Labute approximate surface area is 191 Å². The minimum atomic E-state index is -0.548. The highest BCUT2D eigenvalue weighted by Crippen LogP contribution is 2.30. The SMILES string of the molecule is Cc1cccc(N2CC(C(=O)Nc3ccc(Oc4cccc(C(N)=O)c4)nc3)CC2=O)c1C. The number of pyridine rings is 1. The highest BCUT2D eigenvalue weighted by molar-refractivity contribution is 6.03. The highest BCUT2D eigenvalue weighted by atomic mass is 16.5. The summed E-state index contributed by atoms with van der Waals surface area (Å²) in [4.78, 5) is 42.5. The van der Waals surface area contributed by atoms with E-state index in [1.54, 1.807) is 35.2 Å². The topological polar surface area (TPSA) is 115 Å². The number of aromatic nitrogens is 1. The smallest absolute Gasteiger partial charge is 0.248 e. The molecule has 1 aromatic heterocycles. The maximum atomic E-state index is 12.8. The molecular formula is C25H24N4O4. The molecular weight excluding hydrogens is 420 g/mol. The van der Waals surface area contributed by atoms with Crippen molar-refractivity contribution in [3.63, 3.8) is 0 Å². The van der Waals surface area contributed by atoms with Gasteiger partial charge in [-0.15, -0.1) is 0 Å². The number of carbonyl (C=O) groups is 3. The van der Waals surface area contributed by atoms with Crippen molar-refractivity contribution in [2.45, 2.75) is 20.3 Å². The monoisotopic (exact) mass is 444 g/mol. The molecule has 0 aliphatic carbocycles. The maximum absolute atomic E-state index is 12.8. The van der Waals surface area contributed by atoms with Gasteiger partial charge in [0.05, 0.1) is 17.8 Å². The van der Waals surface area contributed by atoms with Crippen LogP contribution >= 0.6 is 0 Å².